The van der Waals surface area contributed by atoms with Crippen LogP contribution >= 0.6 is 12.2 Å². The summed E-state index contributed by atoms with van der Waals surface area (Å²) in [6, 6.07) is 11.8. The van der Waals surface area contributed by atoms with Crippen LogP contribution in [0.1, 0.15) is 49.9 Å². The number of hydrogen-bond acceptors (Lipinski definition) is 5. The van der Waals surface area contributed by atoms with Crippen molar-refractivity contribution in [2.24, 2.45) is 5.92 Å². The van der Waals surface area contributed by atoms with Crippen LogP contribution in [0.25, 0.3) is 22.3 Å². The number of phenols is 1. The molecular formula is C28H34N2O4S2. The summed E-state index contributed by atoms with van der Waals surface area (Å²) in [7, 11) is 3.71. The quantitative estimate of drug-likeness (QED) is 0.220. The van der Waals surface area contributed by atoms with Crippen LogP contribution in [-0.4, -0.2) is 45.3 Å². The lowest BCUT2D eigenvalue weighted by molar-refractivity contribution is 0.0697. The Hall–Kier alpha value is -2.81. The first-order valence-corrected chi connectivity index (χ1v) is 13.9. The van der Waals surface area contributed by atoms with Crippen molar-refractivity contribution in [3.63, 3.8) is 0 Å². The summed E-state index contributed by atoms with van der Waals surface area (Å²) in [4.78, 5) is 12.5. The standard InChI is InChI=1S/C28H34N2O4S2/c1-5-9-19(10-6-2)18-36(34)20-13-14-22(26(31)15-20)25-17-30(29(3)4)16-24(27(25)35)21-11-7-8-12-23(21)28(32)33/h7-8,11-17,19,31H,5-6,9-10,18H2,1-4H3,(H,32,33). The zero-order valence-electron chi connectivity index (χ0n) is 21.2. The zero-order chi connectivity index (χ0) is 26.4. The van der Waals surface area contributed by atoms with Gasteiger partial charge in [-0.05, 0) is 47.8 Å². The van der Waals surface area contributed by atoms with Crippen LogP contribution in [-0.2, 0) is 11.2 Å². The molecule has 1 atom stereocenters. The van der Waals surface area contributed by atoms with Crippen LogP contribution in [0, 0.1) is 10.4 Å². The summed E-state index contributed by atoms with van der Waals surface area (Å²) in [6.45, 7) is 4.28. The molecule has 0 aliphatic rings. The van der Waals surface area contributed by atoms with E-state index in [9.17, 15) is 19.6 Å². The van der Waals surface area contributed by atoms with Gasteiger partial charge in [-0.1, -0.05) is 57.1 Å². The van der Waals surface area contributed by atoms with Gasteiger partial charge in [0.25, 0.3) is 0 Å². The fraction of sp³-hybridized carbons (Fsp3) is 0.357. The Balaban J connectivity index is 2.08. The molecule has 0 amide bonds. The van der Waals surface area contributed by atoms with E-state index in [2.05, 4.69) is 13.8 Å². The Morgan fingerprint density at radius 2 is 1.64 bits per heavy atom. The number of carboxylic acids is 1. The van der Waals surface area contributed by atoms with E-state index in [4.69, 9.17) is 12.2 Å². The smallest absolute Gasteiger partial charge is 0.336 e. The van der Waals surface area contributed by atoms with Crippen molar-refractivity contribution in [2.45, 2.75) is 44.4 Å². The van der Waals surface area contributed by atoms with E-state index in [-0.39, 0.29) is 11.3 Å². The second-order valence-electron chi connectivity index (χ2n) is 9.13. The van der Waals surface area contributed by atoms with Gasteiger partial charge in [0, 0.05) is 55.2 Å². The molecule has 0 saturated carbocycles. The number of aromatic hydroxyl groups is 1. The minimum absolute atomic E-state index is 0.0107. The monoisotopic (exact) mass is 526 g/mol. The van der Waals surface area contributed by atoms with E-state index in [1.54, 1.807) is 59.5 Å². The maximum atomic E-state index is 13.1. The SMILES string of the molecule is CCCC(CCC)C[S+]([O-])c1ccc(-c2cn(N(C)C)cc(-c3ccccc3C(=O)O)c2=S)c(O)c1. The van der Waals surface area contributed by atoms with Gasteiger partial charge in [-0.2, -0.15) is 0 Å². The van der Waals surface area contributed by atoms with Crippen LogP contribution in [0.3, 0.4) is 0 Å². The molecule has 1 unspecified atom stereocenters. The molecule has 0 saturated heterocycles. The Kier molecular flexibility index (Phi) is 9.59. The number of carboxylic acid groups (broad SMARTS) is 1. The molecule has 2 aromatic carbocycles. The van der Waals surface area contributed by atoms with Crippen LogP contribution in [0.15, 0.2) is 59.8 Å². The molecule has 0 spiro atoms. The van der Waals surface area contributed by atoms with E-state index in [1.165, 1.54) is 0 Å². The van der Waals surface area contributed by atoms with E-state index < -0.39 is 17.1 Å². The number of benzene rings is 2. The molecule has 0 bridgehead atoms. The number of phenolic OH excluding ortho intramolecular Hbond substituents is 1. The van der Waals surface area contributed by atoms with Crippen molar-refractivity contribution in [3.05, 3.63) is 64.9 Å². The molecule has 2 N–H and O–H groups in total. The van der Waals surface area contributed by atoms with Gasteiger partial charge in [-0.3, -0.25) is 4.68 Å². The number of pyridine rings is 1. The van der Waals surface area contributed by atoms with Gasteiger partial charge in [0.2, 0.25) is 0 Å². The first-order chi connectivity index (χ1) is 17.2. The van der Waals surface area contributed by atoms with Crippen molar-refractivity contribution in [1.82, 2.24) is 4.68 Å². The lowest BCUT2D eigenvalue weighted by Gasteiger charge is -2.21. The third-order valence-corrected chi connectivity index (χ3v) is 8.22. The van der Waals surface area contributed by atoms with Crippen molar-refractivity contribution in [3.8, 4) is 28.0 Å². The molecular weight excluding hydrogens is 492 g/mol. The Morgan fingerprint density at radius 3 is 2.19 bits per heavy atom. The minimum Gasteiger partial charge on any atom is -0.611 e. The van der Waals surface area contributed by atoms with E-state index in [0.29, 0.717) is 43.3 Å². The largest absolute Gasteiger partial charge is 0.611 e. The molecule has 0 aliphatic heterocycles. The fourth-order valence-corrected chi connectivity index (χ4v) is 6.14. The summed E-state index contributed by atoms with van der Waals surface area (Å²) in [6.07, 6.45) is 7.78. The average Bonchev–Trinajstić information content (AvgIpc) is 2.84. The molecule has 0 fully saturated rings. The maximum absolute atomic E-state index is 13.1. The lowest BCUT2D eigenvalue weighted by Crippen LogP contribution is -2.24. The van der Waals surface area contributed by atoms with Crippen LogP contribution in [0.5, 0.6) is 5.75 Å². The van der Waals surface area contributed by atoms with E-state index in [1.807, 2.05) is 19.1 Å². The number of aromatic nitrogens is 1. The van der Waals surface area contributed by atoms with Gasteiger partial charge in [0.1, 0.15) is 11.5 Å². The Morgan fingerprint density at radius 1 is 1.03 bits per heavy atom. The van der Waals surface area contributed by atoms with Gasteiger partial charge in [-0.25, -0.2) is 4.79 Å². The molecule has 6 nitrogen and oxygen atoms in total. The highest BCUT2D eigenvalue weighted by molar-refractivity contribution is 7.91. The second kappa shape index (κ2) is 12.4. The summed E-state index contributed by atoms with van der Waals surface area (Å²) in [5.74, 6) is -0.0780. The molecule has 1 aromatic heterocycles. The molecule has 8 heteroatoms. The third-order valence-electron chi connectivity index (χ3n) is 6.22. The highest BCUT2D eigenvalue weighted by Gasteiger charge is 2.21. The first kappa shape index (κ1) is 27.8. The number of hydrogen-bond donors (Lipinski definition) is 2. The van der Waals surface area contributed by atoms with E-state index >= 15 is 0 Å². The maximum Gasteiger partial charge on any atom is 0.336 e. The Labute approximate surface area is 221 Å². The van der Waals surface area contributed by atoms with E-state index in [0.717, 1.165) is 25.7 Å². The van der Waals surface area contributed by atoms with Gasteiger partial charge in [0.05, 0.1) is 10.1 Å². The van der Waals surface area contributed by atoms with Crippen molar-refractivity contribution in [1.29, 1.82) is 0 Å². The summed E-state index contributed by atoms with van der Waals surface area (Å²) < 4.78 is 15.3. The number of nitrogens with zero attached hydrogens (tertiary/aromatic N) is 2. The van der Waals surface area contributed by atoms with Gasteiger partial charge < -0.3 is 19.8 Å². The van der Waals surface area contributed by atoms with Gasteiger partial charge >= 0.3 is 5.97 Å². The normalized spacial score (nSPS) is 12.1. The molecule has 3 aromatic rings. The fourth-order valence-electron chi connectivity index (χ4n) is 4.40. The van der Waals surface area contributed by atoms with Gasteiger partial charge in [0.15, 0.2) is 4.90 Å². The average molecular weight is 527 g/mol. The highest BCUT2D eigenvalue weighted by Crippen LogP contribution is 2.36. The van der Waals surface area contributed by atoms with Crippen LogP contribution in [0.2, 0.25) is 0 Å². The zero-order valence-corrected chi connectivity index (χ0v) is 22.9. The third kappa shape index (κ3) is 6.30. The molecule has 1 heterocycles. The summed E-state index contributed by atoms with van der Waals surface area (Å²) in [5, 5.41) is 22.5. The van der Waals surface area contributed by atoms with Crippen LogP contribution < -0.4 is 5.01 Å². The van der Waals surface area contributed by atoms with Gasteiger partial charge in [-0.15, -0.1) is 0 Å². The lowest BCUT2D eigenvalue weighted by atomic mass is 9.97. The topological polar surface area (TPSA) is 88.8 Å². The molecule has 36 heavy (non-hydrogen) atoms. The number of carbonyl (C=O) groups is 1. The highest BCUT2D eigenvalue weighted by atomic mass is 32.2. The van der Waals surface area contributed by atoms with Crippen molar-refractivity contribution in [2.75, 3.05) is 24.9 Å². The number of aromatic carboxylic acids is 1. The predicted octanol–water partition coefficient (Wildman–Crippen LogP) is 6.48. The summed E-state index contributed by atoms with van der Waals surface area (Å²) in [5.41, 5.74) is 2.31. The minimum atomic E-state index is -1.22. The molecule has 0 radical (unpaired) electrons. The van der Waals surface area contributed by atoms with Crippen LogP contribution in [0.4, 0.5) is 0 Å². The molecule has 192 valence electrons. The van der Waals surface area contributed by atoms with Crippen molar-refractivity contribution < 1.29 is 19.6 Å². The summed E-state index contributed by atoms with van der Waals surface area (Å²) >= 11 is 4.60. The predicted molar refractivity (Wildman–Crippen MR) is 149 cm³/mol. The molecule has 0 aliphatic carbocycles. The first-order valence-electron chi connectivity index (χ1n) is 12.2. The Bertz CT molecular complexity index is 1270. The number of rotatable bonds is 11. The van der Waals surface area contributed by atoms with Crippen molar-refractivity contribution >= 4 is 29.4 Å². The second-order valence-corrected chi connectivity index (χ2v) is 11.0. The molecule has 3 rings (SSSR count).